The summed E-state index contributed by atoms with van der Waals surface area (Å²) >= 11 is 3.14. The third kappa shape index (κ3) is 5.77. The monoisotopic (exact) mass is 495 g/mol. The van der Waals surface area contributed by atoms with Crippen LogP contribution < -0.4 is 5.32 Å². The van der Waals surface area contributed by atoms with E-state index in [0.717, 1.165) is 72.5 Å². The van der Waals surface area contributed by atoms with Gasteiger partial charge in [-0.15, -0.1) is 32.9 Å². The van der Waals surface area contributed by atoms with Crippen molar-refractivity contribution < 1.29 is 13.6 Å². The molecule has 6 nitrogen and oxygen atoms in total. The number of rotatable bonds is 7. The first-order valence-electron chi connectivity index (χ1n) is 12.0. The van der Waals surface area contributed by atoms with Gasteiger partial charge >= 0.3 is 0 Å². The van der Waals surface area contributed by atoms with Gasteiger partial charge in [0.2, 0.25) is 11.8 Å². The molecule has 2 fully saturated rings. The van der Waals surface area contributed by atoms with Crippen molar-refractivity contribution in [1.29, 1.82) is 0 Å². The molecule has 3 aliphatic rings. The van der Waals surface area contributed by atoms with Gasteiger partial charge in [-0.1, -0.05) is 0 Å². The summed E-state index contributed by atoms with van der Waals surface area (Å²) in [5.41, 5.74) is 1.12. The van der Waals surface area contributed by atoms with Gasteiger partial charge in [-0.2, -0.15) is 0 Å². The number of thiazole rings is 1. The molecule has 10 heteroatoms. The molecular weight excluding hydrogens is 464 g/mol. The van der Waals surface area contributed by atoms with Gasteiger partial charge in [0, 0.05) is 42.8 Å². The highest BCUT2D eigenvalue weighted by Gasteiger charge is 2.47. The molecule has 2 aromatic heterocycles. The molecule has 2 saturated carbocycles. The fraction of sp³-hybridized carbons (Fsp3) is 0.739. The van der Waals surface area contributed by atoms with E-state index in [9.17, 15) is 13.6 Å². The molecular formula is C23H31F2N5OS2. The minimum atomic E-state index is -2.48. The summed E-state index contributed by atoms with van der Waals surface area (Å²) in [6.45, 7) is 4.85. The lowest BCUT2D eigenvalue weighted by Crippen LogP contribution is -2.39. The Morgan fingerprint density at radius 3 is 2.67 bits per heavy atom. The maximum Gasteiger partial charge on any atom is 0.249 e. The van der Waals surface area contributed by atoms with Crippen LogP contribution in [0.4, 0.5) is 8.78 Å². The van der Waals surface area contributed by atoms with Gasteiger partial charge in [-0.3, -0.25) is 9.69 Å². The fourth-order valence-electron chi connectivity index (χ4n) is 5.26. The lowest BCUT2D eigenvalue weighted by Gasteiger charge is -2.33. The molecule has 0 radical (unpaired) electrons. The maximum absolute atomic E-state index is 13.2. The second-order valence-corrected chi connectivity index (χ2v) is 12.3. The first-order chi connectivity index (χ1) is 15.8. The molecule has 0 bridgehead atoms. The standard InChI is InChI=1S/C23H31F2N5OS2/c1-14-28-29-21(32-14)10-20(31)26-17-4-2-15(3-5-17)6-8-30-9-7-19-18(13-30)27-22(33-19)16-11-23(24,25)12-16/h15-17H,2-13H2,1H3,(H,26,31)/t15-,17-. The normalized spacial score (nSPS) is 25.4. The molecule has 33 heavy (non-hydrogen) atoms. The number of nitrogens with one attached hydrogen (secondary N) is 1. The number of aryl methyl sites for hydroxylation is 1. The highest BCUT2D eigenvalue weighted by molar-refractivity contribution is 7.12. The Hall–Kier alpha value is -1.52. The van der Waals surface area contributed by atoms with Crippen molar-refractivity contribution in [3.05, 3.63) is 25.6 Å². The molecule has 2 aliphatic carbocycles. The molecule has 1 N–H and O–H groups in total. The molecule has 3 heterocycles. The molecule has 1 aliphatic heterocycles. The third-order valence-electron chi connectivity index (χ3n) is 7.21. The van der Waals surface area contributed by atoms with E-state index in [4.69, 9.17) is 4.98 Å². The zero-order chi connectivity index (χ0) is 23.0. The van der Waals surface area contributed by atoms with Gasteiger partial charge in [0.05, 0.1) is 17.1 Å². The highest BCUT2D eigenvalue weighted by Crippen LogP contribution is 2.49. The number of hydrogen-bond donors (Lipinski definition) is 1. The van der Waals surface area contributed by atoms with Crippen LogP contribution in [0.3, 0.4) is 0 Å². The predicted octanol–water partition coefficient (Wildman–Crippen LogP) is 4.48. The molecule has 0 unspecified atom stereocenters. The largest absolute Gasteiger partial charge is 0.353 e. The van der Waals surface area contributed by atoms with Gasteiger partial charge in [0.15, 0.2) is 0 Å². The van der Waals surface area contributed by atoms with Crippen LogP contribution in [0.1, 0.15) is 76.5 Å². The Kier molecular flexibility index (Phi) is 6.77. The van der Waals surface area contributed by atoms with Gasteiger partial charge in [0.25, 0.3) is 0 Å². The number of nitrogens with zero attached hydrogens (tertiary/aromatic N) is 4. The van der Waals surface area contributed by atoms with Crippen LogP contribution in [0.25, 0.3) is 0 Å². The summed E-state index contributed by atoms with van der Waals surface area (Å²) in [4.78, 5) is 20.8. The van der Waals surface area contributed by atoms with Crippen molar-refractivity contribution in [1.82, 2.24) is 25.4 Å². The average molecular weight is 496 g/mol. The summed E-state index contributed by atoms with van der Waals surface area (Å²) in [6, 6.07) is 0.271. The molecule has 2 aromatic rings. The number of amides is 1. The van der Waals surface area contributed by atoms with Crippen LogP contribution >= 0.6 is 22.7 Å². The van der Waals surface area contributed by atoms with Crippen LogP contribution in [0.2, 0.25) is 0 Å². The Bertz CT molecular complexity index is 977. The number of fused-ring (bicyclic) bond motifs is 1. The predicted molar refractivity (Wildman–Crippen MR) is 125 cm³/mol. The van der Waals surface area contributed by atoms with Crippen molar-refractivity contribution in [2.75, 3.05) is 13.1 Å². The van der Waals surface area contributed by atoms with Crippen LogP contribution in [0.5, 0.6) is 0 Å². The number of carbonyl (C=O) groups is 1. The summed E-state index contributed by atoms with van der Waals surface area (Å²) in [5.74, 6) is -1.77. The second kappa shape index (κ2) is 9.62. The number of aromatic nitrogens is 3. The van der Waals surface area contributed by atoms with Gasteiger partial charge in [-0.05, 0) is 57.9 Å². The van der Waals surface area contributed by atoms with E-state index < -0.39 is 5.92 Å². The third-order valence-corrected chi connectivity index (χ3v) is 9.37. The number of hydrogen-bond acceptors (Lipinski definition) is 7. The fourth-order valence-corrected chi connectivity index (χ4v) is 7.13. The Morgan fingerprint density at radius 2 is 1.97 bits per heavy atom. The summed E-state index contributed by atoms with van der Waals surface area (Å²) in [7, 11) is 0. The van der Waals surface area contributed by atoms with Crippen molar-refractivity contribution in [2.24, 2.45) is 5.92 Å². The Labute approximate surface area is 201 Å². The number of carbonyl (C=O) groups excluding carboxylic acids is 1. The lowest BCUT2D eigenvalue weighted by molar-refractivity contribution is -0.121. The molecule has 180 valence electrons. The zero-order valence-electron chi connectivity index (χ0n) is 19.0. The van der Waals surface area contributed by atoms with E-state index in [1.807, 2.05) is 6.92 Å². The van der Waals surface area contributed by atoms with Crippen LogP contribution in [0, 0.1) is 12.8 Å². The highest BCUT2D eigenvalue weighted by atomic mass is 32.1. The Morgan fingerprint density at radius 1 is 1.18 bits per heavy atom. The van der Waals surface area contributed by atoms with E-state index in [0.29, 0.717) is 12.3 Å². The first-order valence-corrected chi connectivity index (χ1v) is 13.6. The van der Waals surface area contributed by atoms with Crippen molar-refractivity contribution in [2.45, 2.75) is 89.1 Å². The molecule has 0 saturated heterocycles. The van der Waals surface area contributed by atoms with E-state index in [-0.39, 0.29) is 30.7 Å². The lowest BCUT2D eigenvalue weighted by atomic mass is 9.82. The molecule has 5 rings (SSSR count). The molecule has 0 aromatic carbocycles. The second-order valence-electron chi connectivity index (χ2n) is 9.87. The topological polar surface area (TPSA) is 71.0 Å². The van der Waals surface area contributed by atoms with E-state index in [2.05, 4.69) is 20.4 Å². The molecule has 1 amide bonds. The van der Waals surface area contributed by atoms with E-state index in [1.54, 1.807) is 11.3 Å². The number of halogens is 2. The number of alkyl halides is 2. The van der Waals surface area contributed by atoms with Crippen molar-refractivity contribution in [3.63, 3.8) is 0 Å². The van der Waals surface area contributed by atoms with Gasteiger partial charge in [0.1, 0.15) is 10.0 Å². The van der Waals surface area contributed by atoms with E-state index in [1.165, 1.54) is 22.6 Å². The quantitative estimate of drug-likeness (QED) is 0.613. The van der Waals surface area contributed by atoms with E-state index >= 15 is 0 Å². The maximum atomic E-state index is 13.2. The summed E-state index contributed by atoms with van der Waals surface area (Å²) < 4.78 is 26.4. The minimum Gasteiger partial charge on any atom is -0.353 e. The van der Waals surface area contributed by atoms with Crippen LogP contribution in [-0.4, -0.2) is 51.0 Å². The smallest absolute Gasteiger partial charge is 0.249 e. The van der Waals surface area contributed by atoms with Crippen LogP contribution in [-0.2, 0) is 24.2 Å². The summed E-state index contributed by atoms with van der Waals surface area (Å²) in [5, 5.41) is 13.8. The van der Waals surface area contributed by atoms with Gasteiger partial charge in [-0.25, -0.2) is 13.8 Å². The van der Waals surface area contributed by atoms with Crippen molar-refractivity contribution >= 4 is 28.6 Å². The van der Waals surface area contributed by atoms with Crippen LogP contribution in [0.15, 0.2) is 0 Å². The molecule has 0 atom stereocenters. The Balaban J connectivity index is 1.02. The SMILES string of the molecule is Cc1nnc(CC(=O)N[C@H]2CC[C@H](CCN3CCc4sc(C5CC(F)(F)C5)nc4C3)CC2)s1. The first kappa shape index (κ1) is 23.2. The average Bonchev–Trinajstić information content (AvgIpc) is 3.36. The zero-order valence-corrected chi connectivity index (χ0v) is 20.6. The molecule has 0 spiro atoms. The van der Waals surface area contributed by atoms with Gasteiger partial charge < -0.3 is 5.32 Å². The van der Waals surface area contributed by atoms with Crippen molar-refractivity contribution in [3.8, 4) is 0 Å². The minimum absolute atomic E-state index is 0.0337. The summed E-state index contributed by atoms with van der Waals surface area (Å²) in [6.07, 6.45) is 6.80.